The number of nitrogens with one attached hydrogen (secondary N) is 2. The van der Waals surface area contributed by atoms with Crippen LogP contribution in [-0.2, 0) is 0 Å². The molecule has 4 heterocycles. The average Bonchev–Trinajstić information content (AvgIpc) is 3.21. The van der Waals surface area contributed by atoms with Gasteiger partial charge in [0, 0.05) is 36.1 Å². The fourth-order valence-corrected chi connectivity index (χ4v) is 4.08. The summed E-state index contributed by atoms with van der Waals surface area (Å²) in [5.74, 6) is -0.262. The van der Waals surface area contributed by atoms with Gasteiger partial charge in [0.15, 0.2) is 0 Å². The van der Waals surface area contributed by atoms with E-state index >= 15 is 0 Å². The molecule has 0 aliphatic carbocycles. The van der Waals surface area contributed by atoms with Crippen LogP contribution in [-0.4, -0.2) is 38.7 Å². The van der Waals surface area contributed by atoms with E-state index in [2.05, 4.69) is 20.6 Å². The molecule has 10 heteroatoms. The fraction of sp³-hybridized carbons (Fsp3) is 0.217. The molecular weight excluding hydrogens is 445 g/mol. The molecule has 0 saturated carbocycles. The number of halogens is 2. The summed E-state index contributed by atoms with van der Waals surface area (Å²) in [6.45, 7) is 1.87. The van der Waals surface area contributed by atoms with Crippen molar-refractivity contribution in [2.75, 3.05) is 24.1 Å². The second-order valence-electron chi connectivity index (χ2n) is 7.77. The molecule has 1 fully saturated rings. The number of carbonyl (C=O) groups excluding carboxylic acids is 1. The van der Waals surface area contributed by atoms with Crippen LogP contribution >= 0.6 is 12.4 Å². The number of piperidine rings is 1. The van der Waals surface area contributed by atoms with Gasteiger partial charge in [0.25, 0.3) is 5.91 Å². The van der Waals surface area contributed by atoms with Crippen molar-refractivity contribution in [3.05, 3.63) is 66.2 Å². The highest BCUT2D eigenvalue weighted by atomic mass is 35.5. The molecule has 33 heavy (non-hydrogen) atoms. The molecule has 170 valence electrons. The topological polar surface area (TPSA) is 111 Å². The van der Waals surface area contributed by atoms with Gasteiger partial charge in [0.1, 0.15) is 23.1 Å². The lowest BCUT2D eigenvalue weighted by Gasteiger charge is -2.23. The second-order valence-corrected chi connectivity index (χ2v) is 7.77. The van der Waals surface area contributed by atoms with Gasteiger partial charge in [0.05, 0.1) is 16.9 Å². The molecule has 1 saturated heterocycles. The Morgan fingerprint density at radius 1 is 1.15 bits per heavy atom. The largest absolute Gasteiger partial charge is 0.383 e. The van der Waals surface area contributed by atoms with E-state index in [1.54, 1.807) is 18.3 Å². The van der Waals surface area contributed by atoms with Crippen molar-refractivity contribution < 1.29 is 9.18 Å². The third-order valence-corrected chi connectivity index (χ3v) is 5.65. The summed E-state index contributed by atoms with van der Waals surface area (Å²) < 4.78 is 15.4. The van der Waals surface area contributed by atoms with Crippen molar-refractivity contribution in [1.82, 2.24) is 25.1 Å². The molecule has 4 N–H and O–H groups in total. The minimum atomic E-state index is -0.465. The molecule has 1 unspecified atom stereocenters. The first-order valence-corrected chi connectivity index (χ1v) is 10.5. The fourth-order valence-electron chi connectivity index (χ4n) is 4.08. The summed E-state index contributed by atoms with van der Waals surface area (Å²) in [4.78, 5) is 20.7. The van der Waals surface area contributed by atoms with Crippen LogP contribution in [0.5, 0.6) is 0 Å². The van der Waals surface area contributed by atoms with Crippen LogP contribution < -0.4 is 16.4 Å². The third-order valence-electron chi connectivity index (χ3n) is 5.65. The summed E-state index contributed by atoms with van der Waals surface area (Å²) in [5, 5.41) is 11.7. The van der Waals surface area contributed by atoms with E-state index in [9.17, 15) is 9.18 Å². The van der Waals surface area contributed by atoms with E-state index in [0.717, 1.165) is 48.1 Å². The number of hydrogen-bond donors (Lipinski definition) is 3. The Labute approximate surface area is 195 Å². The first kappa shape index (κ1) is 22.6. The van der Waals surface area contributed by atoms with Gasteiger partial charge in [-0.05, 0) is 43.7 Å². The summed E-state index contributed by atoms with van der Waals surface area (Å²) in [5.41, 5.74) is 9.16. The van der Waals surface area contributed by atoms with Crippen molar-refractivity contribution in [2.45, 2.75) is 18.9 Å². The van der Waals surface area contributed by atoms with Gasteiger partial charge in [-0.2, -0.15) is 5.10 Å². The Kier molecular flexibility index (Phi) is 6.52. The molecular formula is C23H23ClFN7O. The summed E-state index contributed by atoms with van der Waals surface area (Å²) in [6, 6.07) is 11.6. The maximum atomic E-state index is 13.3. The maximum Gasteiger partial charge on any atom is 0.256 e. The molecule has 1 aliphatic heterocycles. The zero-order valence-electron chi connectivity index (χ0n) is 17.7. The van der Waals surface area contributed by atoms with Crippen LogP contribution in [0, 0.1) is 5.82 Å². The van der Waals surface area contributed by atoms with E-state index in [4.69, 9.17) is 10.8 Å². The number of rotatable bonds is 4. The predicted molar refractivity (Wildman–Crippen MR) is 128 cm³/mol. The second kappa shape index (κ2) is 9.51. The number of amides is 1. The van der Waals surface area contributed by atoms with Gasteiger partial charge in [0.2, 0.25) is 0 Å². The number of fused-ring (bicyclic) bond motifs is 1. The maximum absolute atomic E-state index is 13.3. The van der Waals surface area contributed by atoms with Crippen LogP contribution in [0.3, 0.4) is 0 Å². The number of benzene rings is 1. The van der Waals surface area contributed by atoms with Crippen molar-refractivity contribution in [3.63, 3.8) is 0 Å². The van der Waals surface area contributed by atoms with Crippen molar-refractivity contribution in [2.24, 2.45) is 0 Å². The number of carbonyl (C=O) groups is 1. The zero-order valence-corrected chi connectivity index (χ0v) is 18.5. The molecule has 0 spiro atoms. The SMILES string of the molecule is Cl.Nc1nccc2c1c(-c1ccc(C(=O)Nc3cc(F)ccn3)cc1)nn2C1CCCNC1. The zero-order chi connectivity index (χ0) is 22.1. The van der Waals surface area contributed by atoms with E-state index < -0.39 is 5.82 Å². The van der Waals surface area contributed by atoms with E-state index in [1.165, 1.54) is 18.3 Å². The van der Waals surface area contributed by atoms with E-state index in [0.29, 0.717) is 11.4 Å². The normalized spacial score (nSPS) is 15.7. The van der Waals surface area contributed by atoms with E-state index in [1.807, 2.05) is 22.9 Å². The lowest BCUT2D eigenvalue weighted by Crippen LogP contribution is -2.32. The molecule has 1 amide bonds. The van der Waals surface area contributed by atoms with Gasteiger partial charge >= 0.3 is 0 Å². The van der Waals surface area contributed by atoms with Gasteiger partial charge in [-0.25, -0.2) is 14.4 Å². The monoisotopic (exact) mass is 467 g/mol. The van der Waals surface area contributed by atoms with Crippen molar-refractivity contribution in [1.29, 1.82) is 0 Å². The Bertz CT molecular complexity index is 1290. The Hall–Kier alpha value is -3.56. The molecule has 3 aromatic heterocycles. The Balaban J connectivity index is 0.00000259. The number of aromatic nitrogens is 4. The summed E-state index contributed by atoms with van der Waals surface area (Å²) in [6.07, 6.45) is 5.13. The quantitative estimate of drug-likeness (QED) is 0.421. The van der Waals surface area contributed by atoms with Crippen molar-refractivity contribution in [3.8, 4) is 11.3 Å². The Morgan fingerprint density at radius 2 is 1.94 bits per heavy atom. The standard InChI is InChI=1S/C23H22FN7O.ClH/c24-16-7-10-27-19(12-16)29-23(32)15-5-3-14(4-6-15)21-20-18(8-11-28-22(20)25)31(30-21)17-2-1-9-26-13-17;/h3-8,10-12,17,26H,1-2,9,13H2,(H2,25,28)(H,27,29,32);1H. The highest BCUT2D eigenvalue weighted by Gasteiger charge is 2.22. The lowest BCUT2D eigenvalue weighted by atomic mass is 10.1. The molecule has 1 atom stereocenters. The van der Waals surface area contributed by atoms with Gasteiger partial charge in [-0.15, -0.1) is 12.4 Å². The first-order chi connectivity index (χ1) is 15.6. The van der Waals surface area contributed by atoms with Gasteiger partial charge in [-0.3, -0.25) is 9.48 Å². The predicted octanol–water partition coefficient (Wildman–Crippen LogP) is 3.81. The summed E-state index contributed by atoms with van der Waals surface area (Å²) >= 11 is 0. The number of nitrogen functional groups attached to an aromatic ring is 1. The van der Waals surface area contributed by atoms with Crippen LogP contribution in [0.4, 0.5) is 16.0 Å². The molecule has 4 aromatic rings. The Morgan fingerprint density at radius 3 is 2.67 bits per heavy atom. The molecule has 0 bridgehead atoms. The van der Waals surface area contributed by atoms with E-state index in [-0.39, 0.29) is 30.2 Å². The van der Waals surface area contributed by atoms with Crippen LogP contribution in [0.25, 0.3) is 22.2 Å². The minimum absolute atomic E-state index is 0. The van der Waals surface area contributed by atoms with Crippen molar-refractivity contribution >= 4 is 40.9 Å². The molecule has 8 nitrogen and oxygen atoms in total. The highest BCUT2D eigenvalue weighted by Crippen LogP contribution is 2.34. The van der Waals surface area contributed by atoms with Crippen LogP contribution in [0.2, 0.25) is 0 Å². The number of anilines is 2. The summed E-state index contributed by atoms with van der Waals surface area (Å²) in [7, 11) is 0. The minimum Gasteiger partial charge on any atom is -0.383 e. The average molecular weight is 468 g/mol. The first-order valence-electron chi connectivity index (χ1n) is 10.5. The number of hydrogen-bond acceptors (Lipinski definition) is 6. The number of pyridine rings is 2. The van der Waals surface area contributed by atoms with Gasteiger partial charge in [-0.1, -0.05) is 12.1 Å². The van der Waals surface area contributed by atoms with Gasteiger partial charge < -0.3 is 16.4 Å². The highest BCUT2D eigenvalue weighted by molar-refractivity contribution is 6.05. The molecule has 1 aliphatic rings. The smallest absolute Gasteiger partial charge is 0.256 e. The third kappa shape index (κ3) is 4.50. The molecule has 0 radical (unpaired) electrons. The molecule has 1 aromatic carbocycles. The van der Waals surface area contributed by atoms with Crippen LogP contribution in [0.15, 0.2) is 54.9 Å². The number of nitrogens with zero attached hydrogens (tertiary/aromatic N) is 4. The van der Waals surface area contributed by atoms with Crippen LogP contribution in [0.1, 0.15) is 29.2 Å². The lowest BCUT2D eigenvalue weighted by molar-refractivity contribution is 0.102. The molecule has 5 rings (SSSR count). The number of nitrogens with two attached hydrogens (primary N) is 1.